The number of benzene rings is 2. The molecule has 0 bridgehead atoms. The van der Waals surface area contributed by atoms with Crippen LogP contribution in [0.2, 0.25) is 0 Å². The highest BCUT2D eigenvalue weighted by Crippen LogP contribution is 2.38. The first-order valence-corrected chi connectivity index (χ1v) is 11.5. The molecule has 3 aromatic heterocycles. The van der Waals surface area contributed by atoms with Gasteiger partial charge < -0.3 is 25.1 Å². The smallest absolute Gasteiger partial charge is 0.170 e. The third-order valence-electron chi connectivity index (χ3n) is 6.59. The zero-order chi connectivity index (χ0) is 25.0. The van der Waals surface area contributed by atoms with Crippen LogP contribution in [-0.2, 0) is 0 Å². The van der Waals surface area contributed by atoms with Crippen molar-refractivity contribution < 1.29 is 18.3 Å². The first-order valence-electron chi connectivity index (χ1n) is 11.5. The summed E-state index contributed by atoms with van der Waals surface area (Å²) in [6, 6.07) is 8.60. The van der Waals surface area contributed by atoms with E-state index >= 15 is 0 Å². The molecular weight excluding hydrogens is 468 g/mol. The Hall–Kier alpha value is -4.41. The molecule has 0 saturated carbocycles. The quantitative estimate of drug-likeness (QED) is 0.373. The molecule has 2 aromatic carbocycles. The number of fused-ring (bicyclic) bond motifs is 2. The molecule has 5 aromatic rings. The zero-order valence-corrected chi connectivity index (χ0v) is 19.6. The number of nitrogens with two attached hydrogens (primary N) is 1. The highest BCUT2D eigenvalue weighted by molar-refractivity contribution is 5.89. The number of aromatic amines is 1. The zero-order valence-electron chi connectivity index (χ0n) is 19.6. The Labute approximate surface area is 204 Å². The Morgan fingerprint density at radius 2 is 1.86 bits per heavy atom. The van der Waals surface area contributed by atoms with Crippen LogP contribution in [0.4, 0.5) is 20.4 Å². The van der Waals surface area contributed by atoms with Crippen molar-refractivity contribution in [2.24, 2.45) is 0 Å². The van der Waals surface area contributed by atoms with Gasteiger partial charge in [0.25, 0.3) is 0 Å². The van der Waals surface area contributed by atoms with Crippen molar-refractivity contribution >= 4 is 28.3 Å². The van der Waals surface area contributed by atoms with Crippen LogP contribution in [0.1, 0.15) is 24.4 Å². The van der Waals surface area contributed by atoms with E-state index in [4.69, 9.17) is 25.2 Å². The second kappa shape index (κ2) is 8.36. The number of hydrogen-bond donors (Lipinski definition) is 2. The highest BCUT2D eigenvalue weighted by atomic mass is 19.1. The van der Waals surface area contributed by atoms with Crippen molar-refractivity contribution in [1.82, 2.24) is 24.6 Å². The van der Waals surface area contributed by atoms with E-state index < -0.39 is 11.6 Å². The van der Waals surface area contributed by atoms with Gasteiger partial charge in [-0.05, 0) is 37.1 Å². The molecule has 184 valence electrons. The summed E-state index contributed by atoms with van der Waals surface area (Å²) in [7, 11) is 3.13. The average molecular weight is 492 g/mol. The van der Waals surface area contributed by atoms with Crippen LogP contribution < -0.4 is 20.1 Å². The summed E-state index contributed by atoms with van der Waals surface area (Å²) in [6.07, 6.45) is 3.27. The molecular formula is C25H23F2N7O2. The van der Waals surface area contributed by atoms with Gasteiger partial charge in [-0.3, -0.25) is 0 Å². The number of nitrogens with zero attached hydrogens (tertiary/aromatic N) is 5. The number of rotatable bonds is 5. The van der Waals surface area contributed by atoms with Gasteiger partial charge in [-0.2, -0.15) is 0 Å². The Bertz CT molecular complexity index is 1570. The number of aromatic nitrogens is 5. The summed E-state index contributed by atoms with van der Waals surface area (Å²) in [5.41, 5.74) is 9.05. The van der Waals surface area contributed by atoms with Crippen LogP contribution in [0.3, 0.4) is 0 Å². The number of methoxy groups -OCH3 is 2. The molecule has 1 aliphatic rings. The van der Waals surface area contributed by atoms with Crippen molar-refractivity contribution in [3.63, 3.8) is 0 Å². The molecule has 0 aliphatic carbocycles. The van der Waals surface area contributed by atoms with Gasteiger partial charge in [0.1, 0.15) is 28.8 Å². The average Bonchev–Trinajstić information content (AvgIpc) is 3.59. The summed E-state index contributed by atoms with van der Waals surface area (Å²) in [4.78, 5) is 14.8. The molecule has 11 heteroatoms. The van der Waals surface area contributed by atoms with Crippen molar-refractivity contribution in [3.05, 3.63) is 59.8 Å². The molecule has 0 unspecified atom stereocenters. The molecule has 6 rings (SSSR count). The SMILES string of the molecule is COc1cc2nc(-c3c(N)nn4ccc(N5CCC[C@@H]5c5cc(F)ccc5F)nc34)[nH]c2cc1OC. The van der Waals surface area contributed by atoms with E-state index in [-0.39, 0.29) is 11.9 Å². The lowest BCUT2D eigenvalue weighted by Crippen LogP contribution is -2.24. The van der Waals surface area contributed by atoms with Crippen LogP contribution in [0.25, 0.3) is 28.1 Å². The maximum absolute atomic E-state index is 14.6. The monoisotopic (exact) mass is 491 g/mol. The Morgan fingerprint density at radius 3 is 2.67 bits per heavy atom. The van der Waals surface area contributed by atoms with Crippen LogP contribution in [-0.4, -0.2) is 45.3 Å². The molecule has 36 heavy (non-hydrogen) atoms. The Balaban J connectivity index is 1.45. The van der Waals surface area contributed by atoms with Crippen LogP contribution in [0.15, 0.2) is 42.6 Å². The summed E-state index contributed by atoms with van der Waals surface area (Å²) in [6.45, 7) is 0.660. The predicted molar refractivity (Wildman–Crippen MR) is 131 cm³/mol. The predicted octanol–water partition coefficient (Wildman–Crippen LogP) is 4.49. The number of hydrogen-bond acceptors (Lipinski definition) is 7. The minimum Gasteiger partial charge on any atom is -0.493 e. The lowest BCUT2D eigenvalue weighted by atomic mass is 10.0. The second-order valence-corrected chi connectivity index (χ2v) is 8.64. The third kappa shape index (κ3) is 3.46. The van der Waals surface area contributed by atoms with Crippen LogP contribution in [0, 0.1) is 11.6 Å². The standard InChI is InChI=1S/C25H23F2N7O2/c1-35-19-11-16-17(12-20(19)36-2)30-24(29-16)22-23(28)32-34-9-7-21(31-25(22)34)33-8-3-4-18(33)14-10-13(26)5-6-15(14)27/h5-7,9-12,18H,3-4,8H2,1-2H3,(H2,28,32)(H,29,30)/t18-/m1/s1. The second-order valence-electron chi connectivity index (χ2n) is 8.64. The number of anilines is 2. The van der Waals surface area contributed by atoms with Gasteiger partial charge in [0, 0.05) is 30.4 Å². The summed E-state index contributed by atoms with van der Waals surface area (Å²) >= 11 is 0. The molecule has 3 N–H and O–H groups in total. The molecule has 4 heterocycles. The van der Waals surface area contributed by atoms with E-state index in [9.17, 15) is 8.78 Å². The molecule has 0 amide bonds. The molecule has 1 saturated heterocycles. The molecule has 1 aliphatic heterocycles. The Morgan fingerprint density at radius 1 is 1.06 bits per heavy atom. The molecule has 9 nitrogen and oxygen atoms in total. The third-order valence-corrected chi connectivity index (χ3v) is 6.59. The van der Waals surface area contributed by atoms with Gasteiger partial charge in [-0.1, -0.05) is 0 Å². The maximum Gasteiger partial charge on any atom is 0.170 e. The van der Waals surface area contributed by atoms with E-state index in [1.165, 1.54) is 12.1 Å². The largest absolute Gasteiger partial charge is 0.493 e. The summed E-state index contributed by atoms with van der Waals surface area (Å²) in [5, 5.41) is 4.39. The minimum atomic E-state index is -0.467. The van der Waals surface area contributed by atoms with Gasteiger partial charge in [0.05, 0.1) is 31.3 Å². The van der Waals surface area contributed by atoms with Crippen molar-refractivity contribution in [1.29, 1.82) is 0 Å². The normalized spacial score (nSPS) is 15.8. The van der Waals surface area contributed by atoms with Crippen LogP contribution in [0.5, 0.6) is 11.5 Å². The van der Waals surface area contributed by atoms with Gasteiger partial charge in [-0.15, -0.1) is 5.10 Å². The number of H-pyrrole nitrogens is 1. The first-order chi connectivity index (χ1) is 17.5. The topological polar surface area (TPSA) is 107 Å². The van der Waals surface area contributed by atoms with Gasteiger partial charge in [0.2, 0.25) is 0 Å². The fourth-order valence-electron chi connectivity index (χ4n) is 4.91. The number of imidazole rings is 1. The molecule has 1 atom stereocenters. The van der Waals surface area contributed by atoms with Crippen LogP contribution >= 0.6 is 0 Å². The lowest BCUT2D eigenvalue weighted by molar-refractivity contribution is 0.356. The number of halogens is 2. The molecule has 0 radical (unpaired) electrons. The van der Waals surface area contributed by atoms with Gasteiger partial charge in [-0.25, -0.2) is 23.3 Å². The van der Waals surface area contributed by atoms with E-state index in [1.54, 1.807) is 43.1 Å². The number of nitrogen functional groups attached to an aromatic ring is 1. The molecule has 0 spiro atoms. The fourth-order valence-corrected chi connectivity index (χ4v) is 4.91. The summed E-state index contributed by atoms with van der Waals surface area (Å²) in [5.74, 6) is 1.59. The van der Waals surface area contributed by atoms with E-state index in [0.717, 1.165) is 18.0 Å². The van der Waals surface area contributed by atoms with Crippen molar-refractivity contribution in [2.45, 2.75) is 18.9 Å². The first kappa shape index (κ1) is 22.1. The van der Waals surface area contributed by atoms with E-state index in [0.29, 0.717) is 58.4 Å². The van der Waals surface area contributed by atoms with Gasteiger partial charge >= 0.3 is 0 Å². The number of nitrogens with one attached hydrogen (secondary N) is 1. The number of ether oxygens (including phenoxy) is 2. The van der Waals surface area contributed by atoms with E-state index in [1.807, 2.05) is 4.90 Å². The lowest BCUT2D eigenvalue weighted by Gasteiger charge is -2.26. The van der Waals surface area contributed by atoms with E-state index in [2.05, 4.69) is 10.1 Å². The van der Waals surface area contributed by atoms with Gasteiger partial charge in [0.15, 0.2) is 23.0 Å². The van der Waals surface area contributed by atoms with Crippen molar-refractivity contribution in [3.8, 4) is 22.9 Å². The van der Waals surface area contributed by atoms with Crippen molar-refractivity contribution in [2.75, 3.05) is 31.4 Å². The minimum absolute atomic E-state index is 0.256. The summed E-state index contributed by atoms with van der Waals surface area (Å²) < 4.78 is 40.9. The fraction of sp³-hybridized carbons (Fsp3) is 0.240. The maximum atomic E-state index is 14.6. The molecule has 1 fully saturated rings. The highest BCUT2D eigenvalue weighted by Gasteiger charge is 2.30. The Kier molecular flexibility index (Phi) is 5.13.